The first kappa shape index (κ1) is 26.3. The van der Waals surface area contributed by atoms with Crippen LogP contribution in [0.5, 0.6) is 0 Å². The Morgan fingerprint density at radius 2 is 1.82 bits per heavy atom. The number of aromatic nitrogens is 7. The van der Waals surface area contributed by atoms with Gasteiger partial charge in [0.1, 0.15) is 37.1 Å². The minimum Gasteiger partial charge on any atom is -0.394 e. The van der Waals surface area contributed by atoms with E-state index in [4.69, 9.17) is 30.0 Å². The minimum absolute atomic E-state index is 0.0218. The van der Waals surface area contributed by atoms with Gasteiger partial charge in [-0.05, 0) is 0 Å². The van der Waals surface area contributed by atoms with Gasteiger partial charge in [0.25, 0.3) is 5.56 Å². The summed E-state index contributed by atoms with van der Waals surface area (Å²) in [5.41, 5.74) is 9.82. The molecule has 0 radical (unpaired) electrons. The minimum atomic E-state index is -4.76. The molecule has 2 fully saturated rings. The second kappa shape index (κ2) is 10.1. The van der Waals surface area contributed by atoms with E-state index in [0.717, 1.165) is 10.9 Å². The Bertz CT molecular complexity index is 1490. The van der Waals surface area contributed by atoms with Crippen LogP contribution in [-0.4, -0.2) is 86.8 Å². The number of imidazole rings is 1. The van der Waals surface area contributed by atoms with Crippen molar-refractivity contribution < 1.29 is 38.2 Å². The van der Waals surface area contributed by atoms with Crippen LogP contribution < -0.4 is 22.7 Å². The molecule has 3 aromatic rings. The molecule has 0 amide bonds. The zero-order valence-electron chi connectivity index (χ0n) is 19.4. The van der Waals surface area contributed by atoms with Crippen LogP contribution >= 0.6 is 7.82 Å². The molecular weight excluding hydrogens is 533 g/mol. The highest BCUT2D eigenvalue weighted by molar-refractivity contribution is 7.47. The zero-order chi connectivity index (χ0) is 27.2. The van der Waals surface area contributed by atoms with Crippen molar-refractivity contribution in [3.8, 4) is 0 Å². The van der Waals surface area contributed by atoms with Crippen molar-refractivity contribution in [3.05, 3.63) is 33.5 Å². The standard InChI is InChI=1S/C18H24N9O10P/c19-16-22-6-27(18(31)25-16)12-2-8(9(3-28)35-12)37-38(32,33)34-4-10-7(29)1-11(36-10)26-5-21-13-14(26)23-17(20)24-15(13)30/h5-12,28-29H,1-4H2,(H,32,33)(H2,19,25,31)(H3,20,23,24,30)/t7?,8-,9+,10+,11?,12+/m0/s1. The zero-order valence-corrected chi connectivity index (χ0v) is 20.3. The van der Waals surface area contributed by atoms with Crippen LogP contribution in [0.25, 0.3) is 11.2 Å². The summed E-state index contributed by atoms with van der Waals surface area (Å²) in [6.45, 7) is -1.13. The van der Waals surface area contributed by atoms with E-state index < -0.39 is 69.2 Å². The van der Waals surface area contributed by atoms with Crippen molar-refractivity contribution in [3.63, 3.8) is 0 Å². The molecule has 0 aromatic carbocycles. The maximum Gasteiger partial charge on any atom is 0.472 e. The lowest BCUT2D eigenvalue weighted by Crippen LogP contribution is -2.29. The van der Waals surface area contributed by atoms with Crippen LogP contribution in [0, 0.1) is 0 Å². The number of nitrogens with zero attached hydrogens (tertiary/aromatic N) is 6. The third-order valence-electron chi connectivity index (χ3n) is 6.05. The SMILES string of the molecule is Nc1ncn([C@H]2C[C@H](OP(=O)(O)OC[C@H]3OC(n4cnc5c(=O)[nH]c(N)nc54)CC3O)[C@@H](CO)O2)c(=O)n1. The van der Waals surface area contributed by atoms with Gasteiger partial charge in [-0.2, -0.15) is 9.97 Å². The number of aliphatic hydroxyl groups excluding tert-OH is 2. The number of ether oxygens (including phenoxy) is 2. The van der Waals surface area contributed by atoms with Gasteiger partial charge < -0.3 is 36.0 Å². The molecule has 0 spiro atoms. The lowest BCUT2D eigenvalue weighted by molar-refractivity contribution is -0.0565. The molecule has 38 heavy (non-hydrogen) atoms. The predicted molar refractivity (Wildman–Crippen MR) is 124 cm³/mol. The summed E-state index contributed by atoms with van der Waals surface area (Å²) < 4.78 is 36.6. The Labute approximate surface area is 211 Å². The number of phosphoric ester groups is 1. The Morgan fingerprint density at radius 1 is 1.11 bits per heavy atom. The number of rotatable bonds is 8. The lowest BCUT2D eigenvalue weighted by Gasteiger charge is -2.21. The van der Waals surface area contributed by atoms with E-state index >= 15 is 0 Å². The van der Waals surface area contributed by atoms with Gasteiger partial charge in [0.2, 0.25) is 11.9 Å². The van der Waals surface area contributed by atoms with Crippen LogP contribution in [-0.2, 0) is 23.1 Å². The van der Waals surface area contributed by atoms with Crippen molar-refractivity contribution >= 4 is 30.9 Å². The number of hydrogen-bond donors (Lipinski definition) is 6. The van der Waals surface area contributed by atoms with E-state index in [2.05, 4.69) is 24.9 Å². The quantitative estimate of drug-likeness (QED) is 0.154. The van der Waals surface area contributed by atoms with Crippen molar-refractivity contribution in [1.29, 1.82) is 0 Å². The summed E-state index contributed by atoms with van der Waals surface area (Å²) in [5.74, 6) is -0.369. The van der Waals surface area contributed by atoms with Gasteiger partial charge in [0, 0.05) is 12.8 Å². The van der Waals surface area contributed by atoms with E-state index in [0.29, 0.717) is 0 Å². The average molecular weight is 557 g/mol. The molecule has 206 valence electrons. The Balaban J connectivity index is 1.22. The monoisotopic (exact) mass is 557 g/mol. The predicted octanol–water partition coefficient (Wildman–Crippen LogP) is -2.63. The summed E-state index contributed by atoms with van der Waals surface area (Å²) in [6.07, 6.45) is -3.86. The van der Waals surface area contributed by atoms with Crippen LogP contribution in [0.3, 0.4) is 0 Å². The van der Waals surface area contributed by atoms with Gasteiger partial charge in [-0.25, -0.2) is 19.3 Å². The molecule has 3 aromatic heterocycles. The molecule has 0 saturated carbocycles. The maximum atomic E-state index is 12.7. The molecule has 0 aliphatic carbocycles. The molecule has 19 nitrogen and oxygen atoms in total. The Hall–Kier alpha value is -3.29. The van der Waals surface area contributed by atoms with E-state index in [9.17, 15) is 29.3 Å². The van der Waals surface area contributed by atoms with Gasteiger partial charge >= 0.3 is 13.5 Å². The number of fused-ring (bicyclic) bond motifs is 1. The first-order valence-electron chi connectivity index (χ1n) is 11.2. The fourth-order valence-corrected chi connectivity index (χ4v) is 5.22. The number of nitrogens with two attached hydrogens (primary N) is 2. The first-order valence-corrected chi connectivity index (χ1v) is 12.7. The molecule has 3 unspecified atom stereocenters. The number of aliphatic hydroxyl groups is 2. The molecule has 20 heteroatoms. The fraction of sp³-hybridized carbons (Fsp3) is 0.556. The van der Waals surface area contributed by atoms with E-state index in [1.165, 1.54) is 10.9 Å². The van der Waals surface area contributed by atoms with E-state index in [1.54, 1.807) is 0 Å². The second-order valence-electron chi connectivity index (χ2n) is 8.57. The largest absolute Gasteiger partial charge is 0.472 e. The number of phosphoric acid groups is 1. The molecule has 8 N–H and O–H groups in total. The van der Waals surface area contributed by atoms with Crippen molar-refractivity contribution in [2.75, 3.05) is 24.7 Å². The first-order chi connectivity index (χ1) is 18.0. The van der Waals surface area contributed by atoms with E-state index in [-0.39, 0.29) is 35.9 Å². The number of anilines is 2. The topological polar surface area (TPSA) is 278 Å². The maximum absolute atomic E-state index is 12.7. The Kier molecular flexibility index (Phi) is 7.01. The summed E-state index contributed by atoms with van der Waals surface area (Å²) in [5, 5.41) is 20.1. The summed E-state index contributed by atoms with van der Waals surface area (Å²) >= 11 is 0. The van der Waals surface area contributed by atoms with Crippen molar-refractivity contribution in [1.82, 2.24) is 34.1 Å². The number of H-pyrrole nitrogens is 1. The van der Waals surface area contributed by atoms with Gasteiger partial charge in [-0.1, -0.05) is 0 Å². The average Bonchev–Trinajstić information content (AvgIpc) is 3.54. The number of nitrogen functional groups attached to an aromatic ring is 2. The van der Waals surface area contributed by atoms with Crippen LogP contribution in [0.15, 0.2) is 22.2 Å². The lowest BCUT2D eigenvalue weighted by atomic mass is 10.2. The molecular formula is C18H24N9O10P. The third kappa shape index (κ3) is 5.18. The Morgan fingerprint density at radius 3 is 2.55 bits per heavy atom. The van der Waals surface area contributed by atoms with Gasteiger partial charge in [-0.3, -0.25) is 28.0 Å². The summed E-state index contributed by atoms with van der Waals surface area (Å²) in [4.78, 5) is 51.9. The number of hydrogen-bond acceptors (Lipinski definition) is 15. The molecule has 2 aliphatic rings. The molecule has 0 bridgehead atoms. The van der Waals surface area contributed by atoms with Crippen LogP contribution in [0.2, 0.25) is 0 Å². The smallest absolute Gasteiger partial charge is 0.394 e. The van der Waals surface area contributed by atoms with Crippen LogP contribution in [0.4, 0.5) is 11.9 Å². The van der Waals surface area contributed by atoms with Crippen molar-refractivity contribution in [2.24, 2.45) is 0 Å². The highest BCUT2D eigenvalue weighted by Crippen LogP contribution is 2.49. The fourth-order valence-electron chi connectivity index (χ4n) is 4.26. The van der Waals surface area contributed by atoms with Gasteiger partial charge in [0.05, 0.1) is 25.6 Å². The highest BCUT2D eigenvalue weighted by atomic mass is 31.2. The second-order valence-corrected chi connectivity index (χ2v) is 9.97. The van der Waals surface area contributed by atoms with Crippen LogP contribution in [0.1, 0.15) is 25.3 Å². The summed E-state index contributed by atoms with van der Waals surface area (Å²) in [6, 6.07) is 0. The molecule has 5 heterocycles. The molecule has 5 rings (SSSR count). The molecule has 2 saturated heterocycles. The van der Waals surface area contributed by atoms with Gasteiger partial charge in [-0.15, -0.1) is 0 Å². The molecule has 2 aliphatic heterocycles. The van der Waals surface area contributed by atoms with Crippen molar-refractivity contribution in [2.45, 2.75) is 49.7 Å². The molecule has 7 atom stereocenters. The highest BCUT2D eigenvalue weighted by Gasteiger charge is 2.43. The van der Waals surface area contributed by atoms with E-state index in [1.807, 2.05) is 0 Å². The van der Waals surface area contributed by atoms with Gasteiger partial charge in [0.15, 0.2) is 11.2 Å². The normalized spacial score (nSPS) is 29.1. The number of nitrogens with one attached hydrogen (secondary N) is 1. The summed E-state index contributed by atoms with van der Waals surface area (Å²) in [7, 11) is -4.76. The third-order valence-corrected chi connectivity index (χ3v) is 7.06. The number of aromatic amines is 1.